The summed E-state index contributed by atoms with van der Waals surface area (Å²) in [6.45, 7) is 1.13. The number of carbonyl (C=O) groups excluding carboxylic acids is 1. The zero-order valence-electron chi connectivity index (χ0n) is 18.0. The smallest absolute Gasteiger partial charge is 0.418 e. The highest BCUT2D eigenvalue weighted by Gasteiger charge is 2.34. The van der Waals surface area contributed by atoms with Crippen LogP contribution in [-0.4, -0.2) is 36.3 Å². The quantitative estimate of drug-likeness (QED) is 0.584. The molecule has 6 nitrogen and oxygen atoms in total. The Morgan fingerprint density at radius 3 is 2.30 bits per heavy atom. The van der Waals surface area contributed by atoms with Gasteiger partial charge in [-0.25, -0.2) is 0 Å². The van der Waals surface area contributed by atoms with Crippen LogP contribution in [0.1, 0.15) is 18.4 Å². The molecule has 1 saturated heterocycles. The minimum absolute atomic E-state index is 0.211. The second-order valence-electron chi connectivity index (χ2n) is 7.80. The first kappa shape index (κ1) is 22.6. The first-order valence-corrected chi connectivity index (χ1v) is 10.6. The van der Waals surface area contributed by atoms with Crippen LogP contribution in [0.15, 0.2) is 60.7 Å². The van der Waals surface area contributed by atoms with Crippen molar-refractivity contribution in [1.82, 2.24) is 10.2 Å². The number of piperidine rings is 1. The fourth-order valence-electron chi connectivity index (χ4n) is 3.85. The topological polar surface area (TPSA) is 67.3 Å². The molecule has 1 aromatic heterocycles. The van der Waals surface area contributed by atoms with Crippen molar-refractivity contribution in [2.75, 3.05) is 30.4 Å². The number of anilines is 2. The lowest BCUT2D eigenvalue weighted by Gasteiger charge is -2.32. The minimum atomic E-state index is -4.52. The number of aromatic nitrogens is 2. The lowest BCUT2D eigenvalue weighted by atomic mass is 9.95. The first-order valence-electron chi connectivity index (χ1n) is 10.6. The summed E-state index contributed by atoms with van der Waals surface area (Å²) in [6.07, 6.45) is -3.49. The molecule has 9 heteroatoms. The van der Waals surface area contributed by atoms with Gasteiger partial charge in [-0.3, -0.25) is 4.79 Å². The van der Waals surface area contributed by atoms with Crippen LogP contribution in [0.25, 0.3) is 11.3 Å². The Bertz CT molecular complexity index is 1090. The summed E-state index contributed by atoms with van der Waals surface area (Å²) in [6, 6.07) is 16.3. The van der Waals surface area contributed by atoms with Crippen molar-refractivity contribution >= 4 is 17.4 Å². The number of rotatable bonds is 5. The molecular formula is C24H23F3N4O2. The molecule has 1 fully saturated rings. The van der Waals surface area contributed by atoms with E-state index in [0.29, 0.717) is 31.7 Å². The van der Waals surface area contributed by atoms with Crippen LogP contribution in [-0.2, 0) is 11.0 Å². The van der Waals surface area contributed by atoms with Gasteiger partial charge in [-0.15, -0.1) is 10.2 Å². The molecule has 0 aliphatic carbocycles. The van der Waals surface area contributed by atoms with E-state index in [1.165, 1.54) is 18.2 Å². The van der Waals surface area contributed by atoms with E-state index in [-0.39, 0.29) is 11.6 Å². The maximum atomic E-state index is 13.2. The molecule has 0 spiro atoms. The average Bonchev–Trinajstić information content (AvgIpc) is 2.84. The molecule has 2 heterocycles. The second-order valence-corrected chi connectivity index (χ2v) is 7.80. The van der Waals surface area contributed by atoms with Crippen LogP contribution in [0.3, 0.4) is 0 Å². The first-order chi connectivity index (χ1) is 15.8. The van der Waals surface area contributed by atoms with Gasteiger partial charge in [0.25, 0.3) is 0 Å². The number of para-hydroxylation sites is 1. The Hall–Kier alpha value is -3.62. The van der Waals surface area contributed by atoms with Crippen molar-refractivity contribution in [3.05, 3.63) is 66.2 Å². The van der Waals surface area contributed by atoms with E-state index >= 15 is 0 Å². The summed E-state index contributed by atoms with van der Waals surface area (Å²) in [7, 11) is 1.61. The maximum Gasteiger partial charge on any atom is 0.418 e. The normalized spacial score (nSPS) is 14.7. The van der Waals surface area contributed by atoms with Crippen LogP contribution >= 0.6 is 0 Å². The van der Waals surface area contributed by atoms with Crippen molar-refractivity contribution in [2.45, 2.75) is 19.0 Å². The maximum absolute atomic E-state index is 13.2. The predicted molar refractivity (Wildman–Crippen MR) is 119 cm³/mol. The number of nitrogens with one attached hydrogen (secondary N) is 1. The van der Waals surface area contributed by atoms with E-state index in [9.17, 15) is 18.0 Å². The second kappa shape index (κ2) is 9.48. The molecule has 1 aliphatic heterocycles. The average molecular weight is 456 g/mol. The molecule has 0 bridgehead atoms. The third-order valence-electron chi connectivity index (χ3n) is 5.72. The lowest BCUT2D eigenvalue weighted by Crippen LogP contribution is -2.38. The van der Waals surface area contributed by atoms with Gasteiger partial charge < -0.3 is 15.0 Å². The Morgan fingerprint density at radius 1 is 1.00 bits per heavy atom. The third kappa shape index (κ3) is 5.24. The molecule has 1 aliphatic rings. The molecule has 2 aromatic carbocycles. The van der Waals surface area contributed by atoms with Crippen LogP contribution in [0, 0.1) is 5.92 Å². The van der Waals surface area contributed by atoms with Gasteiger partial charge >= 0.3 is 6.18 Å². The van der Waals surface area contributed by atoms with Gasteiger partial charge in [0.05, 0.1) is 24.1 Å². The van der Waals surface area contributed by atoms with Crippen LogP contribution in [0.4, 0.5) is 24.7 Å². The molecule has 3 aromatic rings. The SMILES string of the molecule is COc1ccc(-c2ccc(N3CCC(C(=O)Nc4ccccc4C(F)(F)F)CC3)nn2)cc1. The minimum Gasteiger partial charge on any atom is -0.497 e. The van der Waals surface area contributed by atoms with E-state index in [1.807, 2.05) is 41.3 Å². The number of ether oxygens (including phenoxy) is 1. The summed E-state index contributed by atoms with van der Waals surface area (Å²) in [4.78, 5) is 14.6. The van der Waals surface area contributed by atoms with Gasteiger partial charge in [0, 0.05) is 24.6 Å². The molecule has 172 valence electrons. The van der Waals surface area contributed by atoms with Crippen molar-refractivity contribution in [2.24, 2.45) is 5.92 Å². The molecule has 1 N–H and O–H groups in total. The summed E-state index contributed by atoms with van der Waals surface area (Å²) in [5.74, 6) is 0.701. The van der Waals surface area contributed by atoms with Crippen molar-refractivity contribution in [3.63, 3.8) is 0 Å². The number of halogens is 3. The fourth-order valence-corrected chi connectivity index (χ4v) is 3.85. The Balaban J connectivity index is 1.35. The summed E-state index contributed by atoms with van der Waals surface area (Å²) >= 11 is 0. The van der Waals surface area contributed by atoms with Gasteiger partial charge in [-0.1, -0.05) is 12.1 Å². The monoisotopic (exact) mass is 456 g/mol. The van der Waals surface area contributed by atoms with Gasteiger partial charge in [-0.2, -0.15) is 13.2 Å². The van der Waals surface area contributed by atoms with Crippen LogP contribution < -0.4 is 15.0 Å². The van der Waals surface area contributed by atoms with E-state index in [4.69, 9.17) is 4.74 Å². The van der Waals surface area contributed by atoms with Crippen molar-refractivity contribution in [1.29, 1.82) is 0 Å². The van der Waals surface area contributed by atoms with E-state index in [1.54, 1.807) is 7.11 Å². The summed E-state index contributed by atoms with van der Waals surface area (Å²) in [5.41, 5.74) is 0.601. The zero-order valence-corrected chi connectivity index (χ0v) is 18.0. The number of carbonyl (C=O) groups is 1. The number of hydrogen-bond donors (Lipinski definition) is 1. The van der Waals surface area contributed by atoms with Gasteiger partial charge in [0.15, 0.2) is 5.82 Å². The highest BCUT2D eigenvalue weighted by atomic mass is 19.4. The summed E-state index contributed by atoms with van der Waals surface area (Å²) < 4.78 is 44.7. The largest absolute Gasteiger partial charge is 0.497 e. The standard InChI is InChI=1S/C24H23F3N4O2/c1-33-18-8-6-16(7-9-18)20-10-11-22(30-29-20)31-14-12-17(13-15-31)23(32)28-21-5-3-2-4-19(21)24(25,26)27/h2-11,17H,12-15H2,1H3,(H,28,32). The third-order valence-corrected chi connectivity index (χ3v) is 5.72. The van der Waals surface area contributed by atoms with E-state index < -0.39 is 17.6 Å². The number of nitrogens with zero attached hydrogens (tertiary/aromatic N) is 3. The molecule has 1 amide bonds. The number of hydrogen-bond acceptors (Lipinski definition) is 5. The molecular weight excluding hydrogens is 433 g/mol. The van der Waals surface area contributed by atoms with Gasteiger partial charge in [-0.05, 0) is 61.4 Å². The highest BCUT2D eigenvalue weighted by molar-refractivity contribution is 5.93. The van der Waals surface area contributed by atoms with E-state index in [2.05, 4.69) is 15.5 Å². The molecule has 33 heavy (non-hydrogen) atoms. The molecule has 0 atom stereocenters. The van der Waals surface area contributed by atoms with Gasteiger partial charge in [0.2, 0.25) is 5.91 Å². The molecule has 0 radical (unpaired) electrons. The molecule has 4 rings (SSSR count). The zero-order chi connectivity index (χ0) is 23.4. The van der Waals surface area contributed by atoms with Crippen LogP contribution in [0.5, 0.6) is 5.75 Å². The van der Waals surface area contributed by atoms with Crippen molar-refractivity contribution < 1.29 is 22.7 Å². The number of amides is 1. The van der Waals surface area contributed by atoms with Crippen LogP contribution in [0.2, 0.25) is 0 Å². The number of benzene rings is 2. The van der Waals surface area contributed by atoms with Crippen molar-refractivity contribution in [3.8, 4) is 17.0 Å². The highest BCUT2D eigenvalue weighted by Crippen LogP contribution is 2.35. The number of alkyl halides is 3. The Morgan fingerprint density at radius 2 is 1.70 bits per heavy atom. The predicted octanol–water partition coefficient (Wildman–Crippen LogP) is 5.03. The fraction of sp³-hybridized carbons (Fsp3) is 0.292. The van der Waals surface area contributed by atoms with E-state index in [0.717, 1.165) is 23.1 Å². The number of methoxy groups -OCH3 is 1. The molecule has 0 unspecified atom stereocenters. The lowest BCUT2D eigenvalue weighted by molar-refractivity contribution is -0.137. The Kier molecular flexibility index (Phi) is 6.48. The molecule has 0 saturated carbocycles. The summed E-state index contributed by atoms with van der Waals surface area (Å²) in [5, 5.41) is 11.1. The Labute approximate surface area is 189 Å². The van der Waals surface area contributed by atoms with Gasteiger partial charge in [0.1, 0.15) is 5.75 Å².